The lowest BCUT2D eigenvalue weighted by molar-refractivity contribution is 0.584. The third kappa shape index (κ3) is 3.68. The van der Waals surface area contributed by atoms with E-state index >= 15 is 0 Å². The summed E-state index contributed by atoms with van der Waals surface area (Å²) >= 11 is 0. The van der Waals surface area contributed by atoms with E-state index in [-0.39, 0.29) is 10.6 Å². The third-order valence-corrected chi connectivity index (χ3v) is 4.79. The van der Waals surface area contributed by atoms with Crippen LogP contribution in [0.1, 0.15) is 11.4 Å². The number of hydrogen-bond donors (Lipinski definition) is 1. The number of rotatable bonds is 6. The Hall–Kier alpha value is -2.17. The lowest BCUT2D eigenvalue weighted by Gasteiger charge is -2.08. The minimum absolute atomic E-state index is 0.00796. The maximum atomic E-state index is 12.3. The summed E-state index contributed by atoms with van der Waals surface area (Å²) in [4.78, 5) is 4.40. The number of aryl methyl sites for hydroxylation is 1. The van der Waals surface area contributed by atoms with Crippen molar-refractivity contribution in [3.05, 3.63) is 48.0 Å². The molecule has 1 heterocycles. The summed E-state index contributed by atoms with van der Waals surface area (Å²) < 4.78 is 26.3. The fourth-order valence-corrected chi connectivity index (χ4v) is 3.17. The lowest BCUT2D eigenvalue weighted by Crippen LogP contribution is -2.17. The van der Waals surface area contributed by atoms with Gasteiger partial charge in [-0.25, -0.2) is 13.4 Å². The maximum absolute atomic E-state index is 12.3. The van der Waals surface area contributed by atoms with Crippen LogP contribution >= 0.6 is 0 Å². The molecule has 0 aliphatic rings. The Morgan fingerprint density at radius 1 is 1.33 bits per heavy atom. The largest absolute Gasteiger partial charge is 0.333 e. The molecule has 0 saturated heterocycles. The molecular formula is C14H16N4O2S. The quantitative estimate of drug-likeness (QED) is 0.858. The first-order chi connectivity index (χ1) is 10.1. The molecule has 0 aliphatic heterocycles. The topological polar surface area (TPSA) is 87.8 Å². The number of hydrogen-bond acceptors (Lipinski definition) is 5. The molecular weight excluding hydrogens is 288 g/mol. The summed E-state index contributed by atoms with van der Waals surface area (Å²) in [6.07, 6.45) is 3.42. The van der Waals surface area contributed by atoms with E-state index in [0.717, 1.165) is 5.82 Å². The summed E-state index contributed by atoms with van der Waals surface area (Å²) in [7, 11) is -1.56. The molecule has 2 aromatic rings. The zero-order valence-electron chi connectivity index (χ0n) is 11.7. The molecule has 1 aromatic heterocycles. The van der Waals surface area contributed by atoms with E-state index in [4.69, 9.17) is 5.26 Å². The Kier molecular flexibility index (Phi) is 4.73. The van der Waals surface area contributed by atoms with Crippen LogP contribution in [-0.2, 0) is 22.9 Å². The second kappa shape index (κ2) is 6.52. The predicted octanol–water partition coefficient (Wildman–Crippen LogP) is 0.948. The zero-order chi connectivity index (χ0) is 15.3. The van der Waals surface area contributed by atoms with Crippen molar-refractivity contribution < 1.29 is 8.42 Å². The van der Waals surface area contributed by atoms with Crippen molar-refractivity contribution in [2.24, 2.45) is 0 Å². The van der Waals surface area contributed by atoms with Gasteiger partial charge in [0.05, 0.1) is 28.8 Å². The average Bonchev–Trinajstić information content (AvgIpc) is 2.93. The van der Waals surface area contributed by atoms with Crippen LogP contribution in [0.25, 0.3) is 0 Å². The number of sulfone groups is 1. The molecule has 1 aromatic carbocycles. The highest BCUT2D eigenvalue weighted by Crippen LogP contribution is 2.13. The summed E-state index contributed by atoms with van der Waals surface area (Å²) in [6.45, 7) is 0.934. The highest BCUT2D eigenvalue weighted by atomic mass is 32.2. The van der Waals surface area contributed by atoms with Gasteiger partial charge in [0.15, 0.2) is 9.84 Å². The van der Waals surface area contributed by atoms with Gasteiger partial charge in [-0.15, -0.1) is 0 Å². The Labute approximate surface area is 124 Å². The van der Waals surface area contributed by atoms with Gasteiger partial charge in [-0.1, -0.05) is 0 Å². The van der Waals surface area contributed by atoms with Crippen LogP contribution < -0.4 is 5.32 Å². The molecule has 21 heavy (non-hydrogen) atoms. The first-order valence-corrected chi connectivity index (χ1v) is 8.09. The first kappa shape index (κ1) is 15.2. The Balaban J connectivity index is 2.10. The van der Waals surface area contributed by atoms with E-state index in [0.29, 0.717) is 18.7 Å². The lowest BCUT2D eigenvalue weighted by atomic mass is 10.2. The van der Waals surface area contributed by atoms with Gasteiger partial charge in [-0.05, 0) is 31.3 Å². The van der Waals surface area contributed by atoms with Crippen molar-refractivity contribution in [3.8, 4) is 6.07 Å². The minimum Gasteiger partial charge on any atom is -0.333 e. The fourth-order valence-electron chi connectivity index (χ4n) is 1.94. The first-order valence-electron chi connectivity index (χ1n) is 6.44. The third-order valence-electron chi connectivity index (χ3n) is 3.08. The van der Waals surface area contributed by atoms with Crippen molar-refractivity contribution in [1.82, 2.24) is 14.9 Å². The van der Waals surface area contributed by atoms with Crippen molar-refractivity contribution in [2.45, 2.75) is 18.0 Å². The van der Waals surface area contributed by atoms with Crippen LogP contribution in [0.4, 0.5) is 0 Å². The van der Waals surface area contributed by atoms with Crippen LogP contribution in [-0.4, -0.2) is 30.8 Å². The molecule has 0 saturated carbocycles. The van der Waals surface area contributed by atoms with Crippen LogP contribution in [0.2, 0.25) is 0 Å². The second-order valence-electron chi connectivity index (χ2n) is 4.52. The van der Waals surface area contributed by atoms with Crippen molar-refractivity contribution >= 4 is 9.84 Å². The minimum atomic E-state index is -3.37. The van der Waals surface area contributed by atoms with Gasteiger partial charge in [0.2, 0.25) is 0 Å². The van der Waals surface area contributed by atoms with Crippen LogP contribution in [0.5, 0.6) is 0 Å². The molecule has 0 radical (unpaired) electrons. The molecule has 0 aliphatic carbocycles. The molecule has 0 atom stereocenters. The molecule has 0 unspecified atom stereocenters. The number of aromatic nitrogens is 2. The number of benzene rings is 1. The molecule has 0 spiro atoms. The Bertz CT molecular complexity index is 742. The summed E-state index contributed by atoms with van der Waals surface area (Å²) in [5.74, 6) is 0.791. The molecule has 7 heteroatoms. The van der Waals surface area contributed by atoms with Crippen molar-refractivity contribution in [2.75, 3.05) is 12.8 Å². The number of nitriles is 1. The van der Waals surface area contributed by atoms with Gasteiger partial charge in [0.25, 0.3) is 0 Å². The SMILES string of the molecule is CNCc1nccn1CCS(=O)(=O)c1ccc(C#N)cc1. The van der Waals surface area contributed by atoms with Crippen LogP contribution in [0, 0.1) is 11.3 Å². The van der Waals surface area contributed by atoms with E-state index in [1.807, 2.05) is 17.7 Å². The highest BCUT2D eigenvalue weighted by Gasteiger charge is 2.15. The van der Waals surface area contributed by atoms with Gasteiger partial charge in [-0.2, -0.15) is 5.26 Å². The predicted molar refractivity (Wildman–Crippen MR) is 78.2 cm³/mol. The Morgan fingerprint density at radius 3 is 2.67 bits per heavy atom. The fraction of sp³-hybridized carbons (Fsp3) is 0.286. The van der Waals surface area contributed by atoms with Gasteiger partial charge < -0.3 is 9.88 Å². The van der Waals surface area contributed by atoms with Gasteiger partial charge in [0, 0.05) is 18.9 Å². The smallest absolute Gasteiger partial charge is 0.180 e. The zero-order valence-corrected chi connectivity index (χ0v) is 12.5. The van der Waals surface area contributed by atoms with E-state index < -0.39 is 9.84 Å². The number of nitrogens with zero attached hydrogens (tertiary/aromatic N) is 3. The summed E-state index contributed by atoms with van der Waals surface area (Å²) in [5, 5.41) is 11.7. The monoisotopic (exact) mass is 304 g/mol. The van der Waals surface area contributed by atoms with E-state index in [1.54, 1.807) is 12.4 Å². The van der Waals surface area contributed by atoms with Crippen LogP contribution in [0.15, 0.2) is 41.6 Å². The molecule has 110 valence electrons. The van der Waals surface area contributed by atoms with Crippen LogP contribution in [0.3, 0.4) is 0 Å². The van der Waals surface area contributed by atoms with E-state index in [1.165, 1.54) is 24.3 Å². The highest BCUT2D eigenvalue weighted by molar-refractivity contribution is 7.91. The average molecular weight is 304 g/mol. The molecule has 0 fully saturated rings. The van der Waals surface area contributed by atoms with Crippen molar-refractivity contribution in [1.29, 1.82) is 5.26 Å². The van der Waals surface area contributed by atoms with Gasteiger partial charge >= 0.3 is 0 Å². The standard InChI is InChI=1S/C14H16N4O2S/c1-16-11-14-17-6-7-18(14)8-9-21(19,20)13-4-2-12(10-15)3-5-13/h2-7,16H,8-9,11H2,1H3. The van der Waals surface area contributed by atoms with E-state index in [9.17, 15) is 8.42 Å². The molecule has 6 nitrogen and oxygen atoms in total. The van der Waals surface area contributed by atoms with Gasteiger partial charge in [0.1, 0.15) is 5.82 Å². The van der Waals surface area contributed by atoms with E-state index in [2.05, 4.69) is 10.3 Å². The number of imidazole rings is 1. The maximum Gasteiger partial charge on any atom is 0.180 e. The Morgan fingerprint density at radius 2 is 2.05 bits per heavy atom. The molecule has 0 bridgehead atoms. The molecule has 2 rings (SSSR count). The summed E-state index contributed by atoms with van der Waals surface area (Å²) in [6, 6.07) is 7.93. The van der Waals surface area contributed by atoms with Crippen molar-refractivity contribution in [3.63, 3.8) is 0 Å². The van der Waals surface area contributed by atoms with Gasteiger partial charge in [-0.3, -0.25) is 0 Å². The normalized spacial score (nSPS) is 11.2. The second-order valence-corrected chi connectivity index (χ2v) is 6.63. The molecule has 1 N–H and O–H groups in total. The summed E-state index contributed by atoms with van der Waals surface area (Å²) in [5.41, 5.74) is 0.444. The molecule has 0 amide bonds. The number of nitrogens with one attached hydrogen (secondary N) is 1.